The van der Waals surface area contributed by atoms with E-state index in [1.54, 1.807) is 31.2 Å². The minimum atomic E-state index is -0.883. The smallest absolute Gasteiger partial charge is 0.336 e. The predicted octanol–water partition coefficient (Wildman–Crippen LogP) is 4.84. The van der Waals surface area contributed by atoms with E-state index in [2.05, 4.69) is 38.2 Å². The minimum absolute atomic E-state index is 0.0156. The molecule has 1 aliphatic heterocycles. The molecule has 7 heteroatoms. The van der Waals surface area contributed by atoms with Gasteiger partial charge in [0.2, 0.25) is 0 Å². The van der Waals surface area contributed by atoms with E-state index in [9.17, 15) is 14.7 Å². The lowest BCUT2D eigenvalue weighted by Crippen LogP contribution is -2.41. The first-order valence-electron chi connectivity index (χ1n) is 12.6. The van der Waals surface area contributed by atoms with Crippen molar-refractivity contribution < 1.29 is 28.9 Å². The lowest BCUT2D eigenvalue weighted by Gasteiger charge is -2.39. The van der Waals surface area contributed by atoms with Crippen LogP contribution in [0, 0.1) is 20.8 Å². The third-order valence-electron chi connectivity index (χ3n) is 7.17. The Labute approximate surface area is 218 Å². The first kappa shape index (κ1) is 26.6. The molecular formula is C30H35NO6. The predicted molar refractivity (Wildman–Crippen MR) is 140 cm³/mol. The highest BCUT2D eigenvalue weighted by Crippen LogP contribution is 2.47. The Kier molecular flexibility index (Phi) is 7.85. The molecule has 1 heterocycles. The van der Waals surface area contributed by atoms with E-state index in [4.69, 9.17) is 14.2 Å². The second kappa shape index (κ2) is 10.9. The molecule has 0 saturated heterocycles. The average Bonchev–Trinajstić information content (AvgIpc) is 2.83. The fourth-order valence-electron chi connectivity index (χ4n) is 5.95. The number of carbonyl (C=O) groups is 2. The summed E-state index contributed by atoms with van der Waals surface area (Å²) in [6, 6.07) is 10.9. The Balaban J connectivity index is 1.91. The Hall–Kier alpha value is -3.42. The van der Waals surface area contributed by atoms with Crippen LogP contribution in [0.25, 0.3) is 0 Å². The Bertz CT molecular complexity index is 1260. The summed E-state index contributed by atoms with van der Waals surface area (Å²) >= 11 is 0. The molecule has 4 rings (SSSR count). The molecule has 2 aromatic rings. The number of esters is 1. The maximum atomic E-state index is 13.9. The average molecular weight is 506 g/mol. The molecule has 2 unspecified atom stereocenters. The van der Waals surface area contributed by atoms with E-state index in [0.717, 1.165) is 16.8 Å². The molecule has 0 saturated carbocycles. The molecular weight excluding hydrogens is 470 g/mol. The molecule has 2 N–H and O–H groups in total. The molecule has 0 spiro atoms. The maximum Gasteiger partial charge on any atom is 0.336 e. The lowest BCUT2D eigenvalue weighted by atomic mass is 9.70. The normalized spacial score (nSPS) is 19.7. The fraction of sp³-hybridized carbons (Fsp3) is 0.400. The van der Waals surface area contributed by atoms with Crippen molar-refractivity contribution >= 4 is 11.8 Å². The Morgan fingerprint density at radius 2 is 1.76 bits per heavy atom. The number of nitrogens with one attached hydrogen (secondary N) is 1. The summed E-state index contributed by atoms with van der Waals surface area (Å²) in [4.78, 5) is 27.3. The number of hydrogen-bond acceptors (Lipinski definition) is 7. The maximum absolute atomic E-state index is 13.9. The highest BCUT2D eigenvalue weighted by atomic mass is 16.7. The second-order valence-electron chi connectivity index (χ2n) is 9.74. The number of rotatable bonds is 7. The van der Waals surface area contributed by atoms with E-state index in [-0.39, 0.29) is 29.6 Å². The number of ether oxygens (including phenoxy) is 3. The zero-order valence-electron chi connectivity index (χ0n) is 22.3. The summed E-state index contributed by atoms with van der Waals surface area (Å²) in [6.45, 7) is 8.14. The van der Waals surface area contributed by atoms with Crippen molar-refractivity contribution in [1.29, 1.82) is 0 Å². The SMILES string of the molecule is CCOC(=O)C1=C(C(OC)OC)NC2=C(C(=O)CC(c3c(C)cc(C)cc3C)C2)C1c1cccc(O)c1. The van der Waals surface area contributed by atoms with Crippen LogP contribution >= 0.6 is 0 Å². The van der Waals surface area contributed by atoms with E-state index >= 15 is 0 Å². The van der Waals surface area contributed by atoms with Gasteiger partial charge in [-0.25, -0.2) is 4.79 Å². The number of carbonyl (C=O) groups excluding carboxylic acids is 2. The molecule has 2 aliphatic rings. The number of phenols is 1. The quantitative estimate of drug-likeness (QED) is 0.411. The van der Waals surface area contributed by atoms with Crippen LogP contribution in [0.2, 0.25) is 0 Å². The van der Waals surface area contributed by atoms with Crippen LogP contribution in [0.3, 0.4) is 0 Å². The molecule has 1 aliphatic carbocycles. The number of phenolic OH excluding ortho intramolecular Hbond substituents is 1. The standard InChI is InChI=1S/C30H35NO6/c1-7-37-29(34)27-25(19-9-8-10-21(32)13-19)26-22(31-28(27)30(35-5)36-6)14-20(15-23(26)33)24-17(3)11-16(2)12-18(24)4/h8-13,20,25,30-32H,7,14-15H2,1-6H3. The van der Waals surface area contributed by atoms with Gasteiger partial charge in [-0.05, 0) is 74.4 Å². The number of aromatic hydroxyl groups is 1. The number of dihydropyridines is 1. The second-order valence-corrected chi connectivity index (χ2v) is 9.74. The molecule has 0 bridgehead atoms. The molecule has 0 amide bonds. The van der Waals surface area contributed by atoms with Crippen LogP contribution in [0.1, 0.15) is 59.4 Å². The number of Topliss-reactive ketones (excluding diaryl/α,β-unsaturated/α-hetero) is 1. The Morgan fingerprint density at radius 3 is 2.35 bits per heavy atom. The summed E-state index contributed by atoms with van der Waals surface area (Å²) in [6.07, 6.45) is 0.0248. The van der Waals surface area contributed by atoms with Crippen molar-refractivity contribution in [2.24, 2.45) is 0 Å². The van der Waals surface area contributed by atoms with Crippen molar-refractivity contribution in [3.63, 3.8) is 0 Å². The van der Waals surface area contributed by atoms with E-state index in [1.807, 2.05) is 0 Å². The number of benzene rings is 2. The molecule has 37 heavy (non-hydrogen) atoms. The van der Waals surface area contributed by atoms with Gasteiger partial charge >= 0.3 is 5.97 Å². The van der Waals surface area contributed by atoms with Crippen LogP contribution in [-0.2, 0) is 23.8 Å². The monoisotopic (exact) mass is 505 g/mol. The van der Waals surface area contributed by atoms with Crippen molar-refractivity contribution in [3.05, 3.63) is 86.8 Å². The molecule has 196 valence electrons. The van der Waals surface area contributed by atoms with Gasteiger partial charge in [0, 0.05) is 37.8 Å². The summed E-state index contributed by atoms with van der Waals surface area (Å²) in [5, 5.41) is 13.6. The fourth-order valence-corrected chi connectivity index (χ4v) is 5.95. The molecule has 7 nitrogen and oxygen atoms in total. The van der Waals surface area contributed by atoms with Crippen molar-refractivity contribution in [3.8, 4) is 5.75 Å². The van der Waals surface area contributed by atoms with Crippen LogP contribution < -0.4 is 5.32 Å². The lowest BCUT2D eigenvalue weighted by molar-refractivity contribution is -0.139. The van der Waals surface area contributed by atoms with E-state index in [0.29, 0.717) is 29.7 Å². The topological polar surface area (TPSA) is 94.1 Å². The third kappa shape index (κ3) is 5.06. The van der Waals surface area contributed by atoms with Crippen LogP contribution in [-0.4, -0.2) is 44.0 Å². The van der Waals surface area contributed by atoms with Gasteiger partial charge in [-0.3, -0.25) is 4.79 Å². The van der Waals surface area contributed by atoms with Gasteiger partial charge in [0.15, 0.2) is 12.1 Å². The largest absolute Gasteiger partial charge is 0.508 e. The number of methoxy groups -OCH3 is 2. The number of ketones is 1. The third-order valence-corrected chi connectivity index (χ3v) is 7.17. The highest BCUT2D eigenvalue weighted by molar-refractivity contribution is 6.04. The highest BCUT2D eigenvalue weighted by Gasteiger charge is 2.44. The molecule has 0 aromatic heterocycles. The van der Waals surface area contributed by atoms with E-state index in [1.165, 1.54) is 25.3 Å². The zero-order chi connectivity index (χ0) is 26.9. The van der Waals surface area contributed by atoms with Crippen LogP contribution in [0.4, 0.5) is 0 Å². The van der Waals surface area contributed by atoms with Crippen LogP contribution in [0.15, 0.2) is 58.9 Å². The van der Waals surface area contributed by atoms with Gasteiger partial charge in [-0.15, -0.1) is 0 Å². The number of allylic oxidation sites excluding steroid dienone is 2. The zero-order valence-corrected chi connectivity index (χ0v) is 22.3. The van der Waals surface area contributed by atoms with Crippen molar-refractivity contribution in [1.82, 2.24) is 5.32 Å². The number of aryl methyl sites for hydroxylation is 3. The van der Waals surface area contributed by atoms with Gasteiger partial charge in [-0.1, -0.05) is 29.8 Å². The van der Waals surface area contributed by atoms with Gasteiger partial charge in [-0.2, -0.15) is 0 Å². The first-order chi connectivity index (χ1) is 17.7. The summed E-state index contributed by atoms with van der Waals surface area (Å²) in [5.41, 5.74) is 7.21. The summed E-state index contributed by atoms with van der Waals surface area (Å²) < 4.78 is 16.6. The van der Waals surface area contributed by atoms with Gasteiger partial charge in [0.25, 0.3) is 0 Å². The molecule has 2 atom stereocenters. The molecule has 2 aromatic carbocycles. The Morgan fingerprint density at radius 1 is 1.08 bits per heavy atom. The molecule has 0 radical (unpaired) electrons. The van der Waals surface area contributed by atoms with Crippen LogP contribution in [0.5, 0.6) is 5.75 Å². The van der Waals surface area contributed by atoms with E-state index < -0.39 is 18.2 Å². The number of hydrogen-bond donors (Lipinski definition) is 2. The molecule has 0 fully saturated rings. The van der Waals surface area contributed by atoms with Gasteiger partial charge < -0.3 is 24.6 Å². The van der Waals surface area contributed by atoms with Gasteiger partial charge in [0.1, 0.15) is 5.75 Å². The summed E-state index contributed by atoms with van der Waals surface area (Å²) in [5.74, 6) is -1.31. The summed E-state index contributed by atoms with van der Waals surface area (Å²) in [7, 11) is 2.99. The minimum Gasteiger partial charge on any atom is -0.508 e. The first-order valence-corrected chi connectivity index (χ1v) is 12.6. The van der Waals surface area contributed by atoms with Crippen molar-refractivity contribution in [2.75, 3.05) is 20.8 Å². The van der Waals surface area contributed by atoms with Crippen molar-refractivity contribution in [2.45, 2.75) is 58.7 Å². The van der Waals surface area contributed by atoms with Gasteiger partial charge in [0.05, 0.1) is 17.9 Å².